The number of aromatic hydroxyl groups is 1. The summed E-state index contributed by atoms with van der Waals surface area (Å²) in [6.07, 6.45) is 1.57. The van der Waals surface area contributed by atoms with E-state index in [1.54, 1.807) is 24.4 Å². The van der Waals surface area contributed by atoms with E-state index in [0.29, 0.717) is 50.1 Å². The van der Waals surface area contributed by atoms with Crippen molar-refractivity contribution in [2.75, 3.05) is 6.61 Å². The van der Waals surface area contributed by atoms with Gasteiger partial charge in [-0.05, 0) is 75.2 Å². The van der Waals surface area contributed by atoms with Gasteiger partial charge in [0.05, 0.1) is 28.4 Å². The first-order valence-corrected chi connectivity index (χ1v) is 11.0. The lowest BCUT2D eigenvalue weighted by Gasteiger charge is -2.11. The number of hydrogen-bond donors (Lipinski definition) is 1. The van der Waals surface area contributed by atoms with Gasteiger partial charge in [0.1, 0.15) is 5.52 Å². The van der Waals surface area contributed by atoms with E-state index in [0.717, 1.165) is 10.0 Å². The van der Waals surface area contributed by atoms with Crippen LogP contribution in [0.25, 0.3) is 22.6 Å². The maximum Gasteiger partial charge on any atom is 0.228 e. The van der Waals surface area contributed by atoms with E-state index >= 15 is 0 Å². The predicted octanol–water partition coefficient (Wildman–Crippen LogP) is 7.53. The molecule has 152 valence electrons. The third-order valence-electron chi connectivity index (χ3n) is 4.31. The summed E-state index contributed by atoms with van der Waals surface area (Å²) in [6.45, 7) is 2.29. The van der Waals surface area contributed by atoms with Gasteiger partial charge in [0.15, 0.2) is 17.1 Å². The molecule has 5 nitrogen and oxygen atoms in total. The number of rotatable bonds is 5. The first kappa shape index (κ1) is 20.9. The van der Waals surface area contributed by atoms with Crippen LogP contribution in [0, 0.1) is 0 Å². The van der Waals surface area contributed by atoms with Crippen molar-refractivity contribution in [1.82, 2.24) is 4.98 Å². The third-order valence-corrected chi connectivity index (χ3v) is 6.65. The highest BCUT2D eigenvalue weighted by Crippen LogP contribution is 2.40. The van der Waals surface area contributed by atoms with Crippen LogP contribution in [-0.4, -0.2) is 22.9 Å². The second-order valence-corrected chi connectivity index (χ2v) is 8.33. The molecule has 1 heterocycles. The summed E-state index contributed by atoms with van der Waals surface area (Å²) in [6, 6.07) is 14.5. The number of nitrogens with zero attached hydrogens (tertiary/aromatic N) is 2. The number of phenols is 1. The Bertz CT molecular complexity index is 1270. The number of halogens is 3. The van der Waals surface area contributed by atoms with Crippen molar-refractivity contribution in [2.24, 2.45) is 4.99 Å². The Hall–Kier alpha value is -2.35. The van der Waals surface area contributed by atoms with Gasteiger partial charge >= 0.3 is 0 Å². The zero-order valence-corrected chi connectivity index (χ0v) is 19.6. The van der Waals surface area contributed by atoms with Crippen molar-refractivity contribution < 1.29 is 14.3 Å². The van der Waals surface area contributed by atoms with Crippen LogP contribution in [0.15, 0.2) is 66.9 Å². The summed E-state index contributed by atoms with van der Waals surface area (Å²) in [4.78, 5) is 9.03. The van der Waals surface area contributed by atoms with Crippen LogP contribution < -0.4 is 4.74 Å². The maximum atomic E-state index is 10.5. The van der Waals surface area contributed by atoms with E-state index in [1.165, 1.54) is 0 Å². The fourth-order valence-electron chi connectivity index (χ4n) is 2.88. The van der Waals surface area contributed by atoms with Gasteiger partial charge in [-0.25, -0.2) is 4.98 Å². The molecule has 1 aromatic heterocycles. The minimum atomic E-state index is 0.0131. The quantitative estimate of drug-likeness (QED) is 0.261. The highest BCUT2D eigenvalue weighted by atomic mass is 79.9. The molecule has 0 aliphatic rings. The molecule has 3 aromatic carbocycles. The standard InChI is InChI=1S/C22H15Br2ClN2O3/c1-2-29-19-10-15(23)20(24)14(21(19)28)11-26-12-7-8-18-17(9-12)27-22(30-18)13-5-3-4-6-16(13)25/h3-11,28H,2H2,1H3. The van der Waals surface area contributed by atoms with Crippen LogP contribution in [0.5, 0.6) is 11.5 Å². The van der Waals surface area contributed by atoms with Crippen LogP contribution in [0.3, 0.4) is 0 Å². The van der Waals surface area contributed by atoms with Gasteiger partial charge in [-0.3, -0.25) is 4.99 Å². The Morgan fingerprint density at radius 1 is 1.20 bits per heavy atom. The summed E-state index contributed by atoms with van der Waals surface area (Å²) in [5.74, 6) is 0.843. The number of aliphatic imine (C=N–C) groups is 1. The Morgan fingerprint density at radius 3 is 2.77 bits per heavy atom. The smallest absolute Gasteiger partial charge is 0.228 e. The number of oxazole rings is 1. The second kappa shape index (κ2) is 8.79. The minimum absolute atomic E-state index is 0.0131. The molecule has 0 saturated heterocycles. The monoisotopic (exact) mass is 548 g/mol. The number of hydrogen-bond acceptors (Lipinski definition) is 5. The van der Waals surface area contributed by atoms with Crippen molar-refractivity contribution in [3.63, 3.8) is 0 Å². The first-order valence-electron chi connectivity index (χ1n) is 9.01. The van der Waals surface area contributed by atoms with Crippen LogP contribution in [0.2, 0.25) is 5.02 Å². The SMILES string of the molecule is CCOc1cc(Br)c(Br)c(C=Nc2ccc3oc(-c4ccccc4Cl)nc3c2)c1O. The lowest BCUT2D eigenvalue weighted by Crippen LogP contribution is -1.95. The van der Waals surface area contributed by atoms with Crippen LogP contribution in [0.1, 0.15) is 12.5 Å². The molecule has 0 aliphatic heterocycles. The van der Waals surface area contributed by atoms with E-state index < -0.39 is 0 Å². The van der Waals surface area contributed by atoms with Crippen LogP contribution in [-0.2, 0) is 0 Å². The summed E-state index contributed by atoms with van der Waals surface area (Å²) < 4.78 is 12.7. The molecule has 1 N–H and O–H groups in total. The average molecular weight is 551 g/mol. The molecule has 0 radical (unpaired) electrons. The van der Waals surface area contributed by atoms with Crippen molar-refractivity contribution in [2.45, 2.75) is 6.92 Å². The van der Waals surface area contributed by atoms with Crippen LogP contribution >= 0.6 is 43.5 Å². The Kier molecular flexibility index (Phi) is 6.13. The van der Waals surface area contributed by atoms with Gasteiger partial charge in [-0.1, -0.05) is 23.7 Å². The molecule has 30 heavy (non-hydrogen) atoms. The van der Waals surface area contributed by atoms with E-state index in [4.69, 9.17) is 20.8 Å². The number of fused-ring (bicyclic) bond motifs is 1. The molecule has 0 saturated carbocycles. The molecule has 0 aliphatic carbocycles. The van der Waals surface area contributed by atoms with E-state index in [2.05, 4.69) is 41.8 Å². The van der Waals surface area contributed by atoms with Crippen LogP contribution in [0.4, 0.5) is 5.69 Å². The molecule has 0 spiro atoms. The molecular weight excluding hydrogens is 536 g/mol. The fourth-order valence-corrected chi connectivity index (χ4v) is 3.92. The Labute approximate surface area is 194 Å². The second-order valence-electron chi connectivity index (χ2n) is 6.27. The average Bonchev–Trinajstić information content (AvgIpc) is 3.15. The van der Waals surface area contributed by atoms with Gasteiger partial charge in [-0.15, -0.1) is 0 Å². The third kappa shape index (κ3) is 4.10. The number of aromatic nitrogens is 1. The van der Waals surface area contributed by atoms with E-state index in [9.17, 15) is 5.11 Å². The summed E-state index contributed by atoms with van der Waals surface area (Å²) in [5, 5.41) is 11.1. The van der Waals surface area contributed by atoms with Gasteiger partial charge in [0, 0.05) is 15.2 Å². The fraction of sp³-hybridized carbons (Fsp3) is 0.0909. The summed E-state index contributed by atoms with van der Waals surface area (Å²) in [7, 11) is 0. The normalized spacial score (nSPS) is 11.5. The lowest BCUT2D eigenvalue weighted by atomic mass is 10.2. The molecule has 0 unspecified atom stereocenters. The van der Waals surface area contributed by atoms with Crippen molar-refractivity contribution in [3.05, 3.63) is 68.1 Å². The molecule has 4 aromatic rings. The van der Waals surface area contributed by atoms with Crippen molar-refractivity contribution in [3.8, 4) is 23.0 Å². The highest BCUT2D eigenvalue weighted by molar-refractivity contribution is 9.13. The number of ether oxygens (including phenoxy) is 1. The molecule has 0 fully saturated rings. The maximum absolute atomic E-state index is 10.5. The predicted molar refractivity (Wildman–Crippen MR) is 126 cm³/mol. The zero-order chi connectivity index (χ0) is 21.3. The molecule has 0 bridgehead atoms. The van der Waals surface area contributed by atoms with Gasteiger partial charge in [-0.2, -0.15) is 0 Å². The number of phenolic OH excluding ortho intramolecular Hbond substituents is 1. The molecule has 8 heteroatoms. The van der Waals surface area contributed by atoms with Gasteiger partial charge in [0.2, 0.25) is 5.89 Å². The number of benzene rings is 3. The molecule has 4 rings (SSSR count). The first-order chi connectivity index (χ1) is 14.5. The van der Waals surface area contributed by atoms with Gasteiger partial charge < -0.3 is 14.3 Å². The van der Waals surface area contributed by atoms with Gasteiger partial charge in [0.25, 0.3) is 0 Å². The summed E-state index contributed by atoms with van der Waals surface area (Å²) >= 11 is 13.2. The minimum Gasteiger partial charge on any atom is -0.504 e. The molecular formula is C22H15Br2ClN2O3. The Balaban J connectivity index is 1.70. The topological polar surface area (TPSA) is 67.9 Å². The zero-order valence-electron chi connectivity index (χ0n) is 15.7. The molecule has 0 atom stereocenters. The van der Waals surface area contributed by atoms with Crippen molar-refractivity contribution in [1.29, 1.82) is 0 Å². The van der Waals surface area contributed by atoms with Crippen molar-refractivity contribution >= 4 is 66.5 Å². The molecule has 0 amide bonds. The summed E-state index contributed by atoms with van der Waals surface area (Å²) in [5.41, 5.74) is 3.18. The Morgan fingerprint density at radius 2 is 2.00 bits per heavy atom. The highest BCUT2D eigenvalue weighted by Gasteiger charge is 2.15. The van der Waals surface area contributed by atoms with E-state index in [1.807, 2.05) is 37.3 Å². The lowest BCUT2D eigenvalue weighted by molar-refractivity contribution is 0.317. The largest absolute Gasteiger partial charge is 0.504 e. The van der Waals surface area contributed by atoms with E-state index in [-0.39, 0.29) is 5.75 Å².